The second-order valence-electron chi connectivity index (χ2n) is 3.43. The summed E-state index contributed by atoms with van der Waals surface area (Å²) in [4.78, 5) is 4.28. The van der Waals surface area contributed by atoms with Crippen LogP contribution < -0.4 is 10.6 Å². The Morgan fingerprint density at radius 2 is 2.45 bits per heavy atom. The van der Waals surface area contributed by atoms with Crippen molar-refractivity contribution >= 4 is 5.96 Å². The van der Waals surface area contributed by atoms with Crippen LogP contribution in [0.2, 0.25) is 0 Å². The highest BCUT2D eigenvalue weighted by Crippen LogP contribution is 2.32. The van der Waals surface area contributed by atoms with Gasteiger partial charge in [0.2, 0.25) is 0 Å². The number of aliphatic imine (C=N–C) groups is 1. The summed E-state index contributed by atoms with van der Waals surface area (Å²) in [6, 6.07) is 0.611. The Balaban J connectivity index is 1.78. The number of rotatable bonds is 2. The van der Waals surface area contributed by atoms with Crippen molar-refractivity contribution in [2.24, 2.45) is 10.9 Å². The van der Waals surface area contributed by atoms with Crippen molar-refractivity contribution in [1.29, 1.82) is 0 Å². The number of hydrogen-bond donors (Lipinski definition) is 2. The van der Waals surface area contributed by atoms with Crippen molar-refractivity contribution in [3.8, 4) is 0 Å². The summed E-state index contributed by atoms with van der Waals surface area (Å²) < 4.78 is 0. The highest BCUT2D eigenvalue weighted by molar-refractivity contribution is 5.81. The monoisotopic (exact) mass is 153 g/mol. The zero-order chi connectivity index (χ0) is 7.68. The molecule has 0 aromatic carbocycles. The van der Waals surface area contributed by atoms with Gasteiger partial charge >= 0.3 is 0 Å². The van der Waals surface area contributed by atoms with Gasteiger partial charge in [0.15, 0.2) is 5.96 Å². The normalized spacial score (nSPS) is 25.7. The molecule has 0 radical (unpaired) electrons. The third-order valence-electron chi connectivity index (χ3n) is 2.37. The summed E-state index contributed by atoms with van der Waals surface area (Å²) in [7, 11) is 0. The summed E-state index contributed by atoms with van der Waals surface area (Å²) in [6.45, 7) is 4.17. The van der Waals surface area contributed by atoms with E-state index in [2.05, 4.69) is 22.5 Å². The summed E-state index contributed by atoms with van der Waals surface area (Å²) in [5.74, 6) is 1.91. The van der Waals surface area contributed by atoms with Gasteiger partial charge in [0, 0.05) is 12.6 Å². The minimum atomic E-state index is 0.611. The Morgan fingerprint density at radius 3 is 3.00 bits per heavy atom. The van der Waals surface area contributed by atoms with E-state index in [4.69, 9.17) is 0 Å². The molecule has 0 bridgehead atoms. The highest BCUT2D eigenvalue weighted by Gasteiger charge is 2.28. The Bertz CT molecular complexity index is 172. The van der Waals surface area contributed by atoms with Gasteiger partial charge in [-0.3, -0.25) is 4.99 Å². The first-order valence-electron chi connectivity index (χ1n) is 4.41. The average molecular weight is 153 g/mol. The van der Waals surface area contributed by atoms with Gasteiger partial charge in [-0.15, -0.1) is 0 Å². The lowest BCUT2D eigenvalue weighted by Gasteiger charge is -2.13. The van der Waals surface area contributed by atoms with Crippen molar-refractivity contribution in [2.75, 3.05) is 13.1 Å². The van der Waals surface area contributed by atoms with Gasteiger partial charge in [0.25, 0.3) is 0 Å². The first-order chi connectivity index (χ1) is 5.36. The minimum Gasteiger partial charge on any atom is -0.355 e. The van der Waals surface area contributed by atoms with Gasteiger partial charge in [0.05, 0.1) is 6.54 Å². The van der Waals surface area contributed by atoms with E-state index in [-0.39, 0.29) is 0 Å². The van der Waals surface area contributed by atoms with E-state index in [0.717, 1.165) is 25.0 Å². The molecule has 0 aromatic heterocycles. The van der Waals surface area contributed by atoms with Gasteiger partial charge in [-0.2, -0.15) is 0 Å². The highest BCUT2D eigenvalue weighted by atomic mass is 15.2. The maximum atomic E-state index is 4.28. The number of hydrogen-bond acceptors (Lipinski definition) is 3. The number of guanidine groups is 1. The predicted molar refractivity (Wildman–Crippen MR) is 45.6 cm³/mol. The van der Waals surface area contributed by atoms with Crippen molar-refractivity contribution in [3.63, 3.8) is 0 Å². The Labute approximate surface area is 67.3 Å². The molecule has 1 heterocycles. The topological polar surface area (TPSA) is 36.4 Å². The molecule has 11 heavy (non-hydrogen) atoms. The fourth-order valence-electron chi connectivity index (χ4n) is 1.42. The van der Waals surface area contributed by atoms with E-state index in [9.17, 15) is 0 Å². The molecule has 2 N–H and O–H groups in total. The maximum Gasteiger partial charge on any atom is 0.191 e. The molecule has 1 unspecified atom stereocenters. The van der Waals surface area contributed by atoms with Crippen LogP contribution in [0.25, 0.3) is 0 Å². The number of nitrogens with zero attached hydrogens (tertiary/aromatic N) is 1. The second kappa shape index (κ2) is 2.72. The third kappa shape index (κ3) is 1.64. The van der Waals surface area contributed by atoms with Crippen molar-refractivity contribution < 1.29 is 0 Å². The zero-order valence-electron chi connectivity index (χ0n) is 6.93. The summed E-state index contributed by atoms with van der Waals surface area (Å²) in [5, 5.41) is 6.59. The molecule has 1 fully saturated rings. The first kappa shape index (κ1) is 6.95. The lowest BCUT2D eigenvalue weighted by Crippen LogP contribution is -2.40. The van der Waals surface area contributed by atoms with Crippen LogP contribution in [-0.2, 0) is 0 Å². The van der Waals surface area contributed by atoms with Crippen molar-refractivity contribution in [1.82, 2.24) is 10.6 Å². The molecule has 2 aliphatic rings. The van der Waals surface area contributed by atoms with E-state index in [1.165, 1.54) is 12.8 Å². The molecule has 0 amide bonds. The second-order valence-corrected chi connectivity index (χ2v) is 3.43. The predicted octanol–water partition coefficient (Wildman–Crippen LogP) is 0.334. The Morgan fingerprint density at radius 1 is 1.64 bits per heavy atom. The molecule has 3 heteroatoms. The van der Waals surface area contributed by atoms with Crippen LogP contribution in [0.4, 0.5) is 0 Å². The standard InChI is InChI=1S/C8H15N3/c1-6(7-2-3-7)11-8-9-4-5-10-8/h6-7H,2-5H2,1H3,(H2,9,10,11). The first-order valence-corrected chi connectivity index (χ1v) is 4.41. The molecule has 0 spiro atoms. The van der Waals surface area contributed by atoms with E-state index >= 15 is 0 Å². The van der Waals surface area contributed by atoms with Crippen LogP contribution in [-0.4, -0.2) is 25.1 Å². The zero-order valence-corrected chi connectivity index (χ0v) is 6.93. The van der Waals surface area contributed by atoms with Gasteiger partial charge < -0.3 is 10.6 Å². The van der Waals surface area contributed by atoms with Gasteiger partial charge in [-0.1, -0.05) is 0 Å². The minimum absolute atomic E-state index is 0.611. The third-order valence-corrected chi connectivity index (χ3v) is 2.37. The molecule has 62 valence electrons. The van der Waals surface area contributed by atoms with Crippen molar-refractivity contribution in [2.45, 2.75) is 25.8 Å². The fraction of sp³-hybridized carbons (Fsp3) is 0.875. The maximum absolute atomic E-state index is 4.28. The molecular weight excluding hydrogens is 138 g/mol. The van der Waals surface area contributed by atoms with Crippen LogP contribution in [0, 0.1) is 5.92 Å². The van der Waals surface area contributed by atoms with E-state index < -0.39 is 0 Å². The van der Waals surface area contributed by atoms with Crippen LogP contribution in [0.5, 0.6) is 0 Å². The fourth-order valence-corrected chi connectivity index (χ4v) is 1.42. The molecule has 2 rings (SSSR count). The Kier molecular flexibility index (Phi) is 1.72. The van der Waals surface area contributed by atoms with Crippen molar-refractivity contribution in [3.05, 3.63) is 0 Å². The SMILES string of the molecule is CC(NC1=NCCN1)C1CC1. The summed E-state index contributed by atoms with van der Waals surface area (Å²) in [5.41, 5.74) is 0. The molecular formula is C8H15N3. The van der Waals surface area contributed by atoms with Crippen LogP contribution in [0.1, 0.15) is 19.8 Å². The van der Waals surface area contributed by atoms with E-state index in [1.54, 1.807) is 0 Å². The lowest BCUT2D eigenvalue weighted by atomic mass is 10.2. The van der Waals surface area contributed by atoms with Gasteiger partial charge in [0.1, 0.15) is 0 Å². The molecule has 1 saturated carbocycles. The van der Waals surface area contributed by atoms with Crippen LogP contribution in [0.3, 0.4) is 0 Å². The Hall–Kier alpha value is -0.730. The molecule has 0 aromatic rings. The summed E-state index contributed by atoms with van der Waals surface area (Å²) in [6.07, 6.45) is 2.78. The molecule has 1 atom stereocenters. The van der Waals surface area contributed by atoms with Gasteiger partial charge in [-0.05, 0) is 25.7 Å². The van der Waals surface area contributed by atoms with Gasteiger partial charge in [-0.25, -0.2) is 0 Å². The molecule has 1 aliphatic heterocycles. The quantitative estimate of drug-likeness (QED) is 0.600. The molecule has 1 aliphatic carbocycles. The lowest BCUT2D eigenvalue weighted by molar-refractivity contribution is 0.581. The average Bonchev–Trinajstić information content (AvgIpc) is 2.73. The van der Waals surface area contributed by atoms with Crippen LogP contribution in [0.15, 0.2) is 4.99 Å². The molecule has 0 saturated heterocycles. The summed E-state index contributed by atoms with van der Waals surface area (Å²) >= 11 is 0. The molecule has 3 nitrogen and oxygen atoms in total. The van der Waals surface area contributed by atoms with Crippen LogP contribution >= 0.6 is 0 Å². The smallest absolute Gasteiger partial charge is 0.191 e. The number of nitrogens with one attached hydrogen (secondary N) is 2. The van der Waals surface area contributed by atoms with E-state index in [0.29, 0.717) is 6.04 Å². The largest absolute Gasteiger partial charge is 0.355 e. The van der Waals surface area contributed by atoms with E-state index in [1.807, 2.05) is 0 Å².